The van der Waals surface area contributed by atoms with Crippen LogP contribution in [0.3, 0.4) is 0 Å². The van der Waals surface area contributed by atoms with Crippen LogP contribution in [-0.2, 0) is 4.79 Å². The fourth-order valence-corrected chi connectivity index (χ4v) is 0.658. The number of carbonyl (C=O) groups excluding carboxylic acids is 1. The van der Waals surface area contributed by atoms with E-state index >= 15 is 0 Å². The van der Waals surface area contributed by atoms with Crippen molar-refractivity contribution >= 4 is 12.3 Å². The molecule has 0 bridgehead atoms. The summed E-state index contributed by atoms with van der Waals surface area (Å²) in [5, 5.41) is 6.47. The summed E-state index contributed by atoms with van der Waals surface area (Å²) < 4.78 is 0. The molecule has 0 atom stereocenters. The third-order valence-corrected chi connectivity index (χ3v) is 1.10. The zero-order valence-electron chi connectivity index (χ0n) is 5.77. The molecule has 0 aliphatic rings. The molecule has 0 saturated heterocycles. The van der Waals surface area contributed by atoms with Crippen molar-refractivity contribution in [2.24, 2.45) is 10.2 Å². The Morgan fingerprint density at radius 2 is 2.00 bits per heavy atom. The molecular weight excluding hydrogens is 140 g/mol. The van der Waals surface area contributed by atoms with Crippen molar-refractivity contribution in [2.75, 3.05) is 0 Å². The lowest BCUT2D eigenvalue weighted by Gasteiger charge is -1.85. The molecule has 0 N–H and O–H groups in total. The molecule has 0 radical (unpaired) electrons. The number of rotatable bonds is 2. The molecule has 54 valence electrons. The van der Waals surface area contributed by atoms with Gasteiger partial charge >= 0.3 is 0 Å². The minimum Gasteiger partial charge on any atom is -0.209 e. The fourth-order valence-electron chi connectivity index (χ4n) is 0.658. The van der Waals surface area contributed by atoms with Gasteiger partial charge in [-0.05, 0) is 5.56 Å². The molecule has 0 unspecified atom stereocenters. The SMILES string of the molecule is O=C=NN=Cc1ccccc1. The molecule has 3 nitrogen and oxygen atoms in total. The second kappa shape index (κ2) is 4.14. The van der Waals surface area contributed by atoms with Gasteiger partial charge in [0.05, 0.1) is 6.21 Å². The average molecular weight is 146 g/mol. The highest BCUT2D eigenvalue weighted by atomic mass is 16.1. The summed E-state index contributed by atoms with van der Waals surface area (Å²) in [5.74, 6) is 0. The summed E-state index contributed by atoms with van der Waals surface area (Å²) in [4.78, 5) is 9.59. The van der Waals surface area contributed by atoms with E-state index in [4.69, 9.17) is 0 Å². The molecule has 1 aromatic rings. The summed E-state index contributed by atoms with van der Waals surface area (Å²) in [5.41, 5.74) is 0.909. The van der Waals surface area contributed by atoms with Gasteiger partial charge in [0.2, 0.25) is 0 Å². The molecule has 0 amide bonds. The van der Waals surface area contributed by atoms with E-state index in [1.807, 2.05) is 30.3 Å². The summed E-state index contributed by atoms with van der Waals surface area (Å²) >= 11 is 0. The Bertz CT molecular complexity index is 286. The van der Waals surface area contributed by atoms with Crippen LogP contribution >= 0.6 is 0 Å². The van der Waals surface area contributed by atoms with Crippen LogP contribution in [0.2, 0.25) is 0 Å². The lowest BCUT2D eigenvalue weighted by Crippen LogP contribution is -1.76. The molecule has 0 saturated carbocycles. The van der Waals surface area contributed by atoms with E-state index in [2.05, 4.69) is 10.2 Å². The van der Waals surface area contributed by atoms with Crippen molar-refractivity contribution in [2.45, 2.75) is 0 Å². The van der Waals surface area contributed by atoms with Gasteiger partial charge in [-0.2, -0.15) is 0 Å². The van der Waals surface area contributed by atoms with Crippen LogP contribution in [0, 0.1) is 0 Å². The van der Waals surface area contributed by atoms with Crippen LogP contribution in [0.1, 0.15) is 5.56 Å². The number of nitrogens with zero attached hydrogens (tertiary/aromatic N) is 2. The van der Waals surface area contributed by atoms with Gasteiger partial charge in [0.15, 0.2) is 0 Å². The molecule has 0 heterocycles. The maximum atomic E-state index is 9.59. The maximum absolute atomic E-state index is 9.59. The monoisotopic (exact) mass is 146 g/mol. The number of hydrogen-bond donors (Lipinski definition) is 0. The van der Waals surface area contributed by atoms with Gasteiger partial charge in [-0.3, -0.25) is 0 Å². The highest BCUT2D eigenvalue weighted by Crippen LogP contribution is 1.93. The standard InChI is InChI=1S/C8H6N2O/c11-7-10-9-6-8-4-2-1-3-5-8/h1-6H. The smallest absolute Gasteiger partial charge is 0.209 e. The Kier molecular flexibility index (Phi) is 2.78. The lowest BCUT2D eigenvalue weighted by atomic mass is 10.2. The maximum Gasteiger partial charge on any atom is 0.260 e. The average Bonchev–Trinajstić information content (AvgIpc) is 2.07. The van der Waals surface area contributed by atoms with Crippen LogP contribution in [-0.4, -0.2) is 12.3 Å². The highest BCUT2D eigenvalue weighted by molar-refractivity contribution is 5.79. The normalized spacial score (nSPS) is 9.45. The fraction of sp³-hybridized carbons (Fsp3) is 0. The van der Waals surface area contributed by atoms with Gasteiger partial charge in [-0.25, -0.2) is 4.79 Å². The van der Waals surface area contributed by atoms with Gasteiger partial charge in [0, 0.05) is 0 Å². The molecule has 0 spiro atoms. The van der Waals surface area contributed by atoms with Crippen LogP contribution < -0.4 is 0 Å². The van der Waals surface area contributed by atoms with Crippen molar-refractivity contribution in [1.29, 1.82) is 0 Å². The van der Waals surface area contributed by atoms with E-state index in [0.29, 0.717) is 0 Å². The zero-order valence-corrected chi connectivity index (χ0v) is 5.77. The first-order chi connectivity index (χ1) is 5.43. The number of benzene rings is 1. The summed E-state index contributed by atoms with van der Waals surface area (Å²) in [6.07, 6.45) is 2.81. The molecule has 3 heteroatoms. The van der Waals surface area contributed by atoms with E-state index in [1.165, 1.54) is 12.3 Å². The van der Waals surface area contributed by atoms with Crippen LogP contribution in [0.4, 0.5) is 0 Å². The third kappa shape index (κ3) is 2.56. The lowest BCUT2D eigenvalue weighted by molar-refractivity contribution is 0.563. The Morgan fingerprint density at radius 3 is 2.64 bits per heavy atom. The minimum atomic E-state index is 0.909. The number of isocyanates is 1. The molecule has 1 aromatic carbocycles. The van der Waals surface area contributed by atoms with Crippen molar-refractivity contribution in [3.63, 3.8) is 0 Å². The topological polar surface area (TPSA) is 41.8 Å². The predicted octanol–water partition coefficient (Wildman–Crippen LogP) is 1.36. The molecule has 0 aliphatic carbocycles. The quantitative estimate of drug-likeness (QED) is 0.353. The van der Waals surface area contributed by atoms with E-state index in [-0.39, 0.29) is 0 Å². The van der Waals surface area contributed by atoms with Crippen molar-refractivity contribution in [1.82, 2.24) is 0 Å². The van der Waals surface area contributed by atoms with E-state index in [0.717, 1.165) is 5.56 Å². The Labute approximate surface area is 64.1 Å². The molecular formula is C8H6N2O. The Hall–Kier alpha value is -1.73. The van der Waals surface area contributed by atoms with E-state index in [9.17, 15) is 4.79 Å². The van der Waals surface area contributed by atoms with Crippen LogP contribution in [0.25, 0.3) is 0 Å². The van der Waals surface area contributed by atoms with Crippen molar-refractivity contribution in [3.05, 3.63) is 35.9 Å². The predicted molar refractivity (Wildman–Crippen MR) is 42.2 cm³/mol. The summed E-state index contributed by atoms with van der Waals surface area (Å²) in [7, 11) is 0. The van der Waals surface area contributed by atoms with Gasteiger partial charge in [-0.1, -0.05) is 35.4 Å². The van der Waals surface area contributed by atoms with Crippen molar-refractivity contribution < 1.29 is 4.79 Å². The first-order valence-electron chi connectivity index (χ1n) is 3.09. The first kappa shape index (κ1) is 7.38. The van der Waals surface area contributed by atoms with Crippen molar-refractivity contribution in [3.8, 4) is 0 Å². The molecule has 11 heavy (non-hydrogen) atoms. The Morgan fingerprint density at radius 1 is 1.27 bits per heavy atom. The number of hydrogen-bond acceptors (Lipinski definition) is 3. The molecule has 0 aliphatic heterocycles. The summed E-state index contributed by atoms with van der Waals surface area (Å²) in [6, 6.07) is 9.39. The highest BCUT2D eigenvalue weighted by Gasteiger charge is 1.80. The van der Waals surface area contributed by atoms with Gasteiger partial charge in [0.1, 0.15) is 0 Å². The van der Waals surface area contributed by atoms with Gasteiger partial charge < -0.3 is 0 Å². The van der Waals surface area contributed by atoms with Crippen LogP contribution in [0.5, 0.6) is 0 Å². The van der Waals surface area contributed by atoms with Gasteiger partial charge in [0.25, 0.3) is 6.08 Å². The van der Waals surface area contributed by atoms with Gasteiger partial charge in [-0.15, -0.1) is 5.10 Å². The zero-order chi connectivity index (χ0) is 7.94. The van der Waals surface area contributed by atoms with E-state index < -0.39 is 0 Å². The first-order valence-corrected chi connectivity index (χ1v) is 3.09. The van der Waals surface area contributed by atoms with E-state index in [1.54, 1.807) is 0 Å². The molecule has 0 aromatic heterocycles. The minimum absolute atomic E-state index is 0.909. The van der Waals surface area contributed by atoms with Crippen LogP contribution in [0.15, 0.2) is 40.5 Å². The Balaban J connectivity index is 2.72. The molecule has 1 rings (SSSR count). The molecule has 0 fully saturated rings. The second-order valence-corrected chi connectivity index (χ2v) is 1.85. The third-order valence-electron chi connectivity index (χ3n) is 1.10. The summed E-state index contributed by atoms with van der Waals surface area (Å²) in [6.45, 7) is 0. The second-order valence-electron chi connectivity index (χ2n) is 1.85. The largest absolute Gasteiger partial charge is 0.260 e.